The summed E-state index contributed by atoms with van der Waals surface area (Å²) in [7, 11) is 1.34. The fraction of sp³-hybridized carbons (Fsp3) is 0.273. The second-order valence-electron chi connectivity index (χ2n) is 7.17. The molecule has 2 aromatic carbocycles. The van der Waals surface area contributed by atoms with E-state index < -0.39 is 0 Å². The van der Waals surface area contributed by atoms with E-state index in [1.807, 2.05) is 54.6 Å². The molecular weight excluding hydrogens is 390 g/mol. The molecule has 0 atom stereocenters. The Morgan fingerprint density at radius 2 is 1.76 bits per heavy atom. The fourth-order valence-electron chi connectivity index (χ4n) is 3.62. The summed E-state index contributed by atoms with van der Waals surface area (Å²) in [5.41, 5.74) is 2.69. The van der Waals surface area contributed by atoms with Crippen LogP contribution < -0.4 is 0 Å². The zero-order valence-electron chi connectivity index (χ0n) is 16.1. The fourth-order valence-corrected chi connectivity index (χ4v) is 3.75. The van der Waals surface area contributed by atoms with Crippen LogP contribution in [-0.4, -0.2) is 46.3 Å². The summed E-state index contributed by atoms with van der Waals surface area (Å²) in [4.78, 5) is 18.4. The van der Waals surface area contributed by atoms with E-state index in [1.165, 1.54) is 7.05 Å². The molecule has 1 saturated heterocycles. The van der Waals surface area contributed by atoms with Gasteiger partial charge in [-0.05, 0) is 25.0 Å². The third kappa shape index (κ3) is 4.13. The normalized spacial score (nSPS) is 14.8. The van der Waals surface area contributed by atoms with Gasteiger partial charge in [-0.3, -0.25) is 5.21 Å². The van der Waals surface area contributed by atoms with Gasteiger partial charge in [-0.15, -0.1) is 0 Å². The van der Waals surface area contributed by atoms with E-state index in [0.717, 1.165) is 35.4 Å². The molecule has 4 rings (SSSR count). The second kappa shape index (κ2) is 8.27. The van der Waals surface area contributed by atoms with Crippen molar-refractivity contribution < 1.29 is 14.4 Å². The molecule has 1 aromatic heterocycles. The van der Waals surface area contributed by atoms with Crippen LogP contribution in [0.2, 0.25) is 5.02 Å². The minimum absolute atomic E-state index is 0.117. The van der Waals surface area contributed by atoms with Crippen LogP contribution in [0.4, 0.5) is 4.79 Å². The number of likely N-dealkylation sites (tertiary alicyclic amines) is 1. The molecule has 2 amide bonds. The van der Waals surface area contributed by atoms with E-state index >= 15 is 0 Å². The lowest BCUT2D eigenvalue weighted by molar-refractivity contribution is -0.0358. The van der Waals surface area contributed by atoms with Crippen LogP contribution in [0.3, 0.4) is 0 Å². The van der Waals surface area contributed by atoms with Crippen LogP contribution >= 0.6 is 11.6 Å². The van der Waals surface area contributed by atoms with Gasteiger partial charge in [0.2, 0.25) is 0 Å². The molecule has 0 radical (unpaired) electrons. The molecule has 6 nitrogen and oxygen atoms in total. The first kappa shape index (κ1) is 19.5. The van der Waals surface area contributed by atoms with Crippen LogP contribution in [0.25, 0.3) is 22.6 Å². The van der Waals surface area contributed by atoms with E-state index in [-0.39, 0.29) is 11.9 Å². The molecule has 29 heavy (non-hydrogen) atoms. The molecule has 150 valence electrons. The zero-order valence-corrected chi connectivity index (χ0v) is 16.8. The Labute approximate surface area is 174 Å². The van der Waals surface area contributed by atoms with Crippen molar-refractivity contribution in [2.45, 2.75) is 18.8 Å². The molecule has 1 N–H and O–H groups in total. The Morgan fingerprint density at radius 3 is 2.38 bits per heavy atom. The standard InChI is InChI=1S/C22H22ClN3O3/c1-25(28)22(27)26-13-11-17(12-14-26)21-24-19(15-7-9-18(23)10-8-15)20(29-21)16-5-3-2-4-6-16/h2-10,17,28H,11-14H2,1H3. The molecule has 0 saturated carbocycles. The molecule has 0 unspecified atom stereocenters. The first-order chi connectivity index (χ1) is 14.0. The largest absolute Gasteiger partial charge is 0.440 e. The third-order valence-electron chi connectivity index (χ3n) is 5.19. The van der Waals surface area contributed by atoms with Crippen molar-refractivity contribution in [3.05, 3.63) is 65.5 Å². The summed E-state index contributed by atoms with van der Waals surface area (Å²) >= 11 is 6.05. The number of rotatable bonds is 3. The average Bonchev–Trinajstić information content (AvgIpc) is 3.20. The van der Waals surface area contributed by atoms with Crippen molar-refractivity contribution >= 4 is 17.6 Å². The molecule has 1 fully saturated rings. The number of oxazole rings is 1. The lowest BCUT2D eigenvalue weighted by Gasteiger charge is -2.31. The Morgan fingerprint density at radius 1 is 1.10 bits per heavy atom. The Hall–Kier alpha value is -2.83. The first-order valence-corrected chi connectivity index (χ1v) is 9.94. The Balaban J connectivity index is 1.64. The predicted molar refractivity (Wildman–Crippen MR) is 111 cm³/mol. The van der Waals surface area contributed by atoms with Gasteiger partial charge in [0.25, 0.3) is 0 Å². The van der Waals surface area contributed by atoms with Gasteiger partial charge in [0.1, 0.15) is 5.69 Å². The molecule has 0 spiro atoms. The maximum absolute atomic E-state index is 11.9. The second-order valence-corrected chi connectivity index (χ2v) is 7.61. The number of piperidine rings is 1. The maximum atomic E-state index is 11.9. The van der Waals surface area contributed by atoms with Gasteiger partial charge in [-0.2, -0.15) is 0 Å². The molecule has 3 aromatic rings. The summed E-state index contributed by atoms with van der Waals surface area (Å²) in [5.74, 6) is 1.53. The first-order valence-electron chi connectivity index (χ1n) is 9.56. The molecule has 0 aliphatic carbocycles. The average molecular weight is 412 g/mol. The number of amides is 2. The van der Waals surface area contributed by atoms with Gasteiger partial charge < -0.3 is 9.32 Å². The van der Waals surface area contributed by atoms with E-state index in [1.54, 1.807) is 4.90 Å². The maximum Gasteiger partial charge on any atom is 0.343 e. The Kier molecular flexibility index (Phi) is 5.56. The number of urea groups is 1. The highest BCUT2D eigenvalue weighted by Gasteiger charge is 2.29. The molecule has 1 aliphatic heterocycles. The highest BCUT2D eigenvalue weighted by atomic mass is 35.5. The third-order valence-corrected chi connectivity index (χ3v) is 5.44. The summed E-state index contributed by atoms with van der Waals surface area (Å²) in [6, 6.07) is 17.1. The molecule has 0 bridgehead atoms. The van der Waals surface area contributed by atoms with E-state index in [2.05, 4.69) is 0 Å². The number of carbonyl (C=O) groups is 1. The van der Waals surface area contributed by atoms with Crippen molar-refractivity contribution in [2.75, 3.05) is 20.1 Å². The van der Waals surface area contributed by atoms with Crippen molar-refractivity contribution in [1.82, 2.24) is 14.9 Å². The van der Waals surface area contributed by atoms with Crippen molar-refractivity contribution in [3.63, 3.8) is 0 Å². The lowest BCUT2D eigenvalue weighted by Crippen LogP contribution is -2.43. The molecule has 1 aliphatic rings. The highest BCUT2D eigenvalue weighted by Crippen LogP contribution is 2.37. The van der Waals surface area contributed by atoms with Crippen LogP contribution in [0.5, 0.6) is 0 Å². The van der Waals surface area contributed by atoms with Crippen LogP contribution in [0.15, 0.2) is 59.0 Å². The summed E-state index contributed by atoms with van der Waals surface area (Å²) in [6.07, 6.45) is 1.46. The van der Waals surface area contributed by atoms with E-state index in [0.29, 0.717) is 29.1 Å². The lowest BCUT2D eigenvalue weighted by atomic mass is 9.97. The van der Waals surface area contributed by atoms with Gasteiger partial charge >= 0.3 is 6.03 Å². The summed E-state index contributed by atoms with van der Waals surface area (Å²) in [6.45, 7) is 1.10. The smallest absolute Gasteiger partial charge is 0.343 e. The minimum atomic E-state index is -0.386. The van der Waals surface area contributed by atoms with E-state index in [9.17, 15) is 10.0 Å². The van der Waals surface area contributed by atoms with Crippen molar-refractivity contribution in [1.29, 1.82) is 0 Å². The van der Waals surface area contributed by atoms with Gasteiger partial charge in [0.15, 0.2) is 11.7 Å². The Bertz CT molecular complexity index is 978. The number of halogens is 1. The van der Waals surface area contributed by atoms with Gasteiger partial charge in [0, 0.05) is 42.2 Å². The number of nitrogens with zero attached hydrogens (tertiary/aromatic N) is 3. The van der Waals surface area contributed by atoms with Crippen molar-refractivity contribution in [2.24, 2.45) is 0 Å². The number of hydrogen-bond acceptors (Lipinski definition) is 4. The van der Waals surface area contributed by atoms with Gasteiger partial charge in [-0.25, -0.2) is 14.8 Å². The minimum Gasteiger partial charge on any atom is -0.440 e. The number of hydroxylamine groups is 2. The predicted octanol–water partition coefficient (Wildman–Crippen LogP) is 5.28. The van der Waals surface area contributed by atoms with Crippen LogP contribution in [0, 0.1) is 0 Å². The number of carbonyl (C=O) groups excluding carboxylic acids is 1. The monoisotopic (exact) mass is 411 g/mol. The number of hydrogen-bond donors (Lipinski definition) is 1. The quantitative estimate of drug-likeness (QED) is 0.470. The van der Waals surface area contributed by atoms with Gasteiger partial charge in [-0.1, -0.05) is 54.1 Å². The summed E-state index contributed by atoms with van der Waals surface area (Å²) < 4.78 is 6.26. The van der Waals surface area contributed by atoms with E-state index in [4.69, 9.17) is 21.0 Å². The molecular formula is C22H22ClN3O3. The van der Waals surface area contributed by atoms with Crippen LogP contribution in [-0.2, 0) is 0 Å². The van der Waals surface area contributed by atoms with Crippen LogP contribution in [0.1, 0.15) is 24.7 Å². The highest BCUT2D eigenvalue weighted by molar-refractivity contribution is 6.30. The SMILES string of the molecule is CN(O)C(=O)N1CCC(c2nc(-c3ccc(Cl)cc3)c(-c3ccccc3)o2)CC1. The van der Waals surface area contributed by atoms with Crippen molar-refractivity contribution in [3.8, 4) is 22.6 Å². The topological polar surface area (TPSA) is 69.8 Å². The van der Waals surface area contributed by atoms with Gasteiger partial charge in [0.05, 0.1) is 0 Å². The molecule has 2 heterocycles. The number of benzene rings is 2. The number of aromatic nitrogens is 1. The molecule has 7 heteroatoms. The summed E-state index contributed by atoms with van der Waals surface area (Å²) in [5, 5.41) is 10.7. The zero-order chi connectivity index (χ0) is 20.4.